The number of rotatable bonds is 3. The second-order valence-corrected chi connectivity index (χ2v) is 3.77. The van der Waals surface area contributed by atoms with E-state index in [0.717, 1.165) is 6.42 Å². The predicted molar refractivity (Wildman–Crippen MR) is 63.1 cm³/mol. The molecule has 1 aliphatic rings. The average Bonchev–Trinajstić information content (AvgIpc) is 2.38. The summed E-state index contributed by atoms with van der Waals surface area (Å²) in [7, 11) is 0. The highest BCUT2D eigenvalue weighted by molar-refractivity contribution is 5.89. The van der Waals surface area contributed by atoms with Crippen molar-refractivity contribution < 1.29 is 9.53 Å². The lowest BCUT2D eigenvalue weighted by atomic mass is 10.0. The molecule has 2 nitrogen and oxygen atoms in total. The highest BCUT2D eigenvalue weighted by Crippen LogP contribution is 2.12. The van der Waals surface area contributed by atoms with E-state index < -0.39 is 0 Å². The average molecular weight is 214 g/mol. The largest absolute Gasteiger partial charge is 0.461 e. The summed E-state index contributed by atoms with van der Waals surface area (Å²) in [4.78, 5) is 11.6. The highest BCUT2D eigenvalue weighted by atomic mass is 16.5. The summed E-state index contributed by atoms with van der Waals surface area (Å²) in [6.45, 7) is 0.453. The molecule has 1 aliphatic carbocycles. The molecule has 16 heavy (non-hydrogen) atoms. The van der Waals surface area contributed by atoms with Crippen LogP contribution < -0.4 is 0 Å². The van der Waals surface area contributed by atoms with E-state index in [0.29, 0.717) is 18.1 Å². The van der Waals surface area contributed by atoms with Crippen LogP contribution in [0.4, 0.5) is 0 Å². The van der Waals surface area contributed by atoms with Gasteiger partial charge in [-0.25, -0.2) is 4.79 Å². The Bertz CT molecular complexity index is 404. The number of carbonyl (C=O) groups is 1. The third kappa shape index (κ3) is 2.83. The van der Waals surface area contributed by atoms with Crippen molar-refractivity contribution in [1.29, 1.82) is 0 Å². The zero-order valence-electron chi connectivity index (χ0n) is 9.00. The van der Waals surface area contributed by atoms with Crippen molar-refractivity contribution in [1.82, 2.24) is 0 Å². The van der Waals surface area contributed by atoms with Crippen LogP contribution in [-0.4, -0.2) is 12.6 Å². The SMILES string of the molecule is O=C(OCC1C=CC=CC1)c1ccccc1. The molecule has 0 heterocycles. The second-order valence-electron chi connectivity index (χ2n) is 3.77. The van der Waals surface area contributed by atoms with Gasteiger partial charge in [0.1, 0.15) is 0 Å². The summed E-state index contributed by atoms with van der Waals surface area (Å²) in [5.74, 6) is 0.0706. The third-order valence-electron chi connectivity index (χ3n) is 2.51. The molecule has 1 unspecified atom stereocenters. The molecule has 0 saturated heterocycles. The van der Waals surface area contributed by atoms with Crippen LogP contribution in [-0.2, 0) is 4.74 Å². The zero-order chi connectivity index (χ0) is 11.2. The second kappa shape index (κ2) is 5.31. The summed E-state index contributed by atoms with van der Waals surface area (Å²) in [6, 6.07) is 9.07. The van der Waals surface area contributed by atoms with E-state index in [1.54, 1.807) is 12.1 Å². The van der Waals surface area contributed by atoms with Crippen LogP contribution in [0.15, 0.2) is 54.6 Å². The monoisotopic (exact) mass is 214 g/mol. The van der Waals surface area contributed by atoms with Gasteiger partial charge in [0.15, 0.2) is 0 Å². The van der Waals surface area contributed by atoms with Crippen LogP contribution in [0.25, 0.3) is 0 Å². The molecule has 0 fully saturated rings. The van der Waals surface area contributed by atoms with E-state index in [1.165, 1.54) is 0 Å². The lowest BCUT2D eigenvalue weighted by molar-refractivity contribution is 0.0465. The Balaban J connectivity index is 1.84. The summed E-state index contributed by atoms with van der Waals surface area (Å²) < 4.78 is 5.24. The fraction of sp³-hybridized carbons (Fsp3) is 0.214. The molecule has 0 spiro atoms. The molecule has 0 aromatic heterocycles. The fourth-order valence-electron chi connectivity index (χ4n) is 1.60. The van der Waals surface area contributed by atoms with Gasteiger partial charge in [-0.1, -0.05) is 42.5 Å². The van der Waals surface area contributed by atoms with Crippen molar-refractivity contribution in [3.05, 3.63) is 60.2 Å². The Labute approximate surface area is 95.2 Å². The quantitative estimate of drug-likeness (QED) is 0.723. The molecular formula is C14H14O2. The van der Waals surface area contributed by atoms with Crippen molar-refractivity contribution in [3.8, 4) is 0 Å². The molecule has 2 rings (SSSR count). The number of hydrogen-bond acceptors (Lipinski definition) is 2. The van der Waals surface area contributed by atoms with E-state index in [4.69, 9.17) is 4.74 Å². The van der Waals surface area contributed by atoms with Crippen molar-refractivity contribution in [2.24, 2.45) is 5.92 Å². The molecule has 0 saturated carbocycles. The van der Waals surface area contributed by atoms with Crippen LogP contribution in [0.3, 0.4) is 0 Å². The first-order chi connectivity index (χ1) is 7.86. The maximum atomic E-state index is 11.6. The van der Waals surface area contributed by atoms with Gasteiger partial charge in [-0.3, -0.25) is 0 Å². The molecule has 0 amide bonds. The molecule has 0 N–H and O–H groups in total. The topological polar surface area (TPSA) is 26.3 Å². The fourth-order valence-corrected chi connectivity index (χ4v) is 1.60. The highest BCUT2D eigenvalue weighted by Gasteiger charge is 2.10. The first-order valence-electron chi connectivity index (χ1n) is 5.42. The molecule has 1 aromatic carbocycles. The molecule has 1 atom stereocenters. The lowest BCUT2D eigenvalue weighted by Crippen LogP contribution is -2.13. The van der Waals surface area contributed by atoms with E-state index >= 15 is 0 Å². The van der Waals surface area contributed by atoms with Gasteiger partial charge in [-0.2, -0.15) is 0 Å². The zero-order valence-corrected chi connectivity index (χ0v) is 9.00. The Hall–Kier alpha value is -1.83. The Morgan fingerprint density at radius 1 is 1.25 bits per heavy atom. The van der Waals surface area contributed by atoms with Crippen LogP contribution >= 0.6 is 0 Å². The normalized spacial score (nSPS) is 18.4. The molecule has 82 valence electrons. The minimum Gasteiger partial charge on any atom is -0.461 e. The Morgan fingerprint density at radius 3 is 2.75 bits per heavy atom. The van der Waals surface area contributed by atoms with Gasteiger partial charge in [0, 0.05) is 5.92 Å². The smallest absolute Gasteiger partial charge is 0.338 e. The summed E-state index contributed by atoms with van der Waals surface area (Å²) in [5.41, 5.74) is 0.609. The van der Waals surface area contributed by atoms with Gasteiger partial charge in [-0.05, 0) is 18.6 Å². The van der Waals surface area contributed by atoms with E-state index in [9.17, 15) is 4.79 Å². The number of allylic oxidation sites excluding steroid dienone is 3. The van der Waals surface area contributed by atoms with Gasteiger partial charge < -0.3 is 4.74 Å². The summed E-state index contributed by atoms with van der Waals surface area (Å²) in [6.07, 6.45) is 9.10. The van der Waals surface area contributed by atoms with Gasteiger partial charge in [0.2, 0.25) is 0 Å². The molecule has 0 aliphatic heterocycles. The molecular weight excluding hydrogens is 200 g/mol. The molecule has 0 bridgehead atoms. The van der Waals surface area contributed by atoms with E-state index in [1.807, 2.05) is 30.4 Å². The first kappa shape index (κ1) is 10.7. The van der Waals surface area contributed by atoms with E-state index in [-0.39, 0.29) is 5.97 Å². The van der Waals surface area contributed by atoms with Crippen molar-refractivity contribution in [3.63, 3.8) is 0 Å². The molecule has 2 heteroatoms. The van der Waals surface area contributed by atoms with Gasteiger partial charge in [0.25, 0.3) is 0 Å². The van der Waals surface area contributed by atoms with Gasteiger partial charge in [0.05, 0.1) is 12.2 Å². The third-order valence-corrected chi connectivity index (χ3v) is 2.51. The number of hydrogen-bond donors (Lipinski definition) is 0. The summed E-state index contributed by atoms with van der Waals surface area (Å²) >= 11 is 0. The van der Waals surface area contributed by atoms with Crippen molar-refractivity contribution in [2.75, 3.05) is 6.61 Å². The van der Waals surface area contributed by atoms with Crippen LogP contribution in [0.5, 0.6) is 0 Å². The number of esters is 1. The Morgan fingerprint density at radius 2 is 2.06 bits per heavy atom. The number of carbonyl (C=O) groups excluding carboxylic acids is 1. The van der Waals surface area contributed by atoms with Gasteiger partial charge >= 0.3 is 5.97 Å². The van der Waals surface area contributed by atoms with E-state index in [2.05, 4.69) is 12.2 Å². The van der Waals surface area contributed by atoms with Crippen molar-refractivity contribution in [2.45, 2.75) is 6.42 Å². The molecule has 0 radical (unpaired) electrons. The minimum absolute atomic E-state index is 0.247. The van der Waals surface area contributed by atoms with Gasteiger partial charge in [-0.15, -0.1) is 0 Å². The number of ether oxygens (including phenoxy) is 1. The Kier molecular flexibility index (Phi) is 3.54. The summed E-state index contributed by atoms with van der Waals surface area (Å²) in [5, 5.41) is 0. The maximum absolute atomic E-state index is 11.6. The number of benzene rings is 1. The molecule has 1 aromatic rings. The maximum Gasteiger partial charge on any atom is 0.338 e. The minimum atomic E-state index is -0.247. The van der Waals surface area contributed by atoms with Crippen LogP contribution in [0.2, 0.25) is 0 Å². The predicted octanol–water partition coefficient (Wildman–Crippen LogP) is 2.98. The van der Waals surface area contributed by atoms with Crippen molar-refractivity contribution >= 4 is 5.97 Å². The van der Waals surface area contributed by atoms with Crippen LogP contribution in [0.1, 0.15) is 16.8 Å². The van der Waals surface area contributed by atoms with Crippen LogP contribution in [0, 0.1) is 5.92 Å². The first-order valence-corrected chi connectivity index (χ1v) is 5.42. The lowest BCUT2D eigenvalue weighted by Gasteiger charge is -2.13. The standard InChI is InChI=1S/C14H14O2/c15-14(13-9-5-2-6-10-13)16-11-12-7-3-1-4-8-12/h1-7,9-10,12H,8,11H2.